The van der Waals surface area contributed by atoms with Crippen LogP contribution >= 0.6 is 15.9 Å². The Bertz CT molecular complexity index is 926. The number of halogens is 4. The topological polar surface area (TPSA) is 87.3 Å². The second-order valence-corrected chi connectivity index (χ2v) is 7.68. The number of anilines is 1. The molecule has 2 rings (SSSR count). The fraction of sp³-hybridized carbons (Fsp3) is 0.133. The number of hydrogen-bond acceptors (Lipinski definition) is 4. The van der Waals surface area contributed by atoms with Crippen molar-refractivity contribution < 1.29 is 26.4 Å². The summed E-state index contributed by atoms with van der Waals surface area (Å²) >= 11 is 3.16. The molecule has 26 heavy (non-hydrogen) atoms. The molecule has 0 aliphatic rings. The highest BCUT2D eigenvalue weighted by atomic mass is 79.9. The molecule has 2 aromatic rings. The SMILES string of the molecule is O=C(CCNS(=O)(=O)c1cccc(Br)c1)NNc1ccc(F)c(F)c1F. The Morgan fingerprint density at radius 1 is 1.08 bits per heavy atom. The number of carbonyl (C=O) groups is 1. The van der Waals surface area contributed by atoms with Gasteiger partial charge in [0.2, 0.25) is 15.9 Å². The van der Waals surface area contributed by atoms with E-state index in [0.29, 0.717) is 10.5 Å². The van der Waals surface area contributed by atoms with Crippen molar-refractivity contribution in [1.82, 2.24) is 10.1 Å². The summed E-state index contributed by atoms with van der Waals surface area (Å²) in [5.41, 5.74) is 3.70. The highest BCUT2D eigenvalue weighted by Crippen LogP contribution is 2.19. The molecule has 0 spiro atoms. The predicted octanol–water partition coefficient (Wildman–Crippen LogP) is 2.68. The van der Waals surface area contributed by atoms with Crippen LogP contribution in [0.15, 0.2) is 45.8 Å². The second kappa shape index (κ2) is 8.52. The van der Waals surface area contributed by atoms with E-state index in [2.05, 4.69) is 31.5 Å². The van der Waals surface area contributed by atoms with Gasteiger partial charge in [-0.05, 0) is 30.3 Å². The van der Waals surface area contributed by atoms with Crippen molar-refractivity contribution in [2.75, 3.05) is 12.0 Å². The van der Waals surface area contributed by atoms with Crippen molar-refractivity contribution in [1.29, 1.82) is 0 Å². The van der Waals surface area contributed by atoms with Gasteiger partial charge in [-0.15, -0.1) is 0 Å². The van der Waals surface area contributed by atoms with Crippen LogP contribution in [0, 0.1) is 17.5 Å². The number of amides is 1. The Hall–Kier alpha value is -2.11. The van der Waals surface area contributed by atoms with Gasteiger partial charge in [-0.2, -0.15) is 0 Å². The van der Waals surface area contributed by atoms with Crippen molar-refractivity contribution in [3.8, 4) is 0 Å². The zero-order valence-electron chi connectivity index (χ0n) is 13.0. The van der Waals surface area contributed by atoms with E-state index in [-0.39, 0.29) is 17.9 Å². The molecule has 0 heterocycles. The fourth-order valence-corrected chi connectivity index (χ4v) is 3.47. The van der Waals surface area contributed by atoms with E-state index in [4.69, 9.17) is 0 Å². The van der Waals surface area contributed by atoms with Crippen LogP contribution in [-0.4, -0.2) is 20.9 Å². The number of benzene rings is 2. The van der Waals surface area contributed by atoms with Gasteiger partial charge in [0, 0.05) is 17.4 Å². The van der Waals surface area contributed by atoms with Gasteiger partial charge in [0.1, 0.15) is 0 Å². The van der Waals surface area contributed by atoms with Gasteiger partial charge in [0.05, 0.1) is 10.6 Å². The molecule has 3 N–H and O–H groups in total. The molecule has 2 aromatic carbocycles. The lowest BCUT2D eigenvalue weighted by molar-refractivity contribution is -0.120. The van der Waals surface area contributed by atoms with Crippen LogP contribution in [0.4, 0.5) is 18.9 Å². The number of nitrogens with one attached hydrogen (secondary N) is 3. The molecule has 6 nitrogen and oxygen atoms in total. The van der Waals surface area contributed by atoms with Crippen LogP contribution in [0.3, 0.4) is 0 Å². The standard InChI is InChI=1S/C15H13BrF3N3O3S/c16-9-2-1-3-10(8-9)26(24,25)20-7-6-13(23)22-21-12-5-4-11(17)14(18)15(12)19/h1-5,8,20-21H,6-7H2,(H,22,23). The largest absolute Gasteiger partial charge is 0.296 e. The number of rotatable bonds is 7. The Morgan fingerprint density at radius 2 is 1.81 bits per heavy atom. The third kappa shape index (κ3) is 5.19. The molecule has 11 heteroatoms. The summed E-state index contributed by atoms with van der Waals surface area (Å²) in [5, 5.41) is 0. The molecular formula is C15H13BrF3N3O3S. The van der Waals surface area contributed by atoms with Crippen molar-refractivity contribution in [2.24, 2.45) is 0 Å². The highest BCUT2D eigenvalue weighted by molar-refractivity contribution is 9.10. The molecule has 140 valence electrons. The minimum absolute atomic E-state index is 0.0225. The van der Waals surface area contributed by atoms with Crippen molar-refractivity contribution in [2.45, 2.75) is 11.3 Å². The van der Waals surface area contributed by atoms with Crippen LogP contribution in [-0.2, 0) is 14.8 Å². The molecule has 0 aromatic heterocycles. The lowest BCUT2D eigenvalue weighted by Crippen LogP contribution is -2.34. The lowest BCUT2D eigenvalue weighted by atomic mass is 10.3. The van der Waals surface area contributed by atoms with E-state index in [0.717, 1.165) is 6.07 Å². The highest BCUT2D eigenvalue weighted by Gasteiger charge is 2.16. The third-order valence-electron chi connectivity index (χ3n) is 3.12. The molecule has 0 saturated carbocycles. The third-order valence-corrected chi connectivity index (χ3v) is 5.07. The molecule has 0 aliphatic carbocycles. The first-order valence-electron chi connectivity index (χ1n) is 7.14. The van der Waals surface area contributed by atoms with Crippen LogP contribution < -0.4 is 15.6 Å². The Labute approximate surface area is 155 Å². The maximum atomic E-state index is 13.4. The van der Waals surface area contributed by atoms with Gasteiger partial charge in [-0.25, -0.2) is 26.3 Å². The molecule has 0 bridgehead atoms. The molecular weight excluding hydrogens is 439 g/mol. The Morgan fingerprint density at radius 3 is 2.50 bits per heavy atom. The molecule has 0 atom stereocenters. The van der Waals surface area contributed by atoms with E-state index in [1.165, 1.54) is 12.1 Å². The monoisotopic (exact) mass is 451 g/mol. The fourth-order valence-electron chi connectivity index (χ4n) is 1.84. The number of hydrazine groups is 1. The summed E-state index contributed by atoms with van der Waals surface area (Å²) in [5.74, 6) is -5.21. The van der Waals surface area contributed by atoms with Gasteiger partial charge >= 0.3 is 0 Å². The summed E-state index contributed by atoms with van der Waals surface area (Å²) < 4.78 is 66.2. The van der Waals surface area contributed by atoms with Gasteiger partial charge in [-0.1, -0.05) is 22.0 Å². The van der Waals surface area contributed by atoms with Gasteiger partial charge in [0.15, 0.2) is 17.5 Å². The maximum absolute atomic E-state index is 13.4. The molecule has 1 amide bonds. The minimum Gasteiger partial charge on any atom is -0.296 e. The smallest absolute Gasteiger partial charge is 0.240 e. The second-order valence-electron chi connectivity index (χ2n) is 5.00. The minimum atomic E-state index is -3.79. The van der Waals surface area contributed by atoms with Crippen molar-refractivity contribution >= 4 is 37.5 Å². The summed E-state index contributed by atoms with van der Waals surface area (Å²) in [4.78, 5) is 11.7. The average molecular weight is 452 g/mol. The van der Waals surface area contributed by atoms with Gasteiger partial charge < -0.3 is 0 Å². The summed E-state index contributed by atoms with van der Waals surface area (Å²) in [6, 6.07) is 7.60. The van der Waals surface area contributed by atoms with E-state index in [9.17, 15) is 26.4 Å². The predicted molar refractivity (Wildman–Crippen MR) is 92.0 cm³/mol. The van der Waals surface area contributed by atoms with Gasteiger partial charge in [-0.3, -0.25) is 15.6 Å². The first kappa shape index (κ1) is 20.2. The Kier molecular flexibility index (Phi) is 6.62. The van der Waals surface area contributed by atoms with Gasteiger partial charge in [0.25, 0.3) is 0 Å². The van der Waals surface area contributed by atoms with E-state index in [1.807, 2.05) is 0 Å². The average Bonchev–Trinajstić information content (AvgIpc) is 2.59. The molecule has 0 unspecified atom stereocenters. The summed E-state index contributed by atoms with van der Waals surface area (Å²) in [6.07, 6.45) is -0.272. The van der Waals surface area contributed by atoms with E-state index < -0.39 is 39.1 Å². The number of sulfonamides is 1. The quantitative estimate of drug-likeness (QED) is 0.446. The Balaban J connectivity index is 1.85. The zero-order chi connectivity index (χ0) is 19.3. The number of hydrogen-bond donors (Lipinski definition) is 3. The molecule has 0 aliphatic heterocycles. The lowest BCUT2D eigenvalue weighted by Gasteiger charge is -2.10. The number of carbonyl (C=O) groups excluding carboxylic acids is 1. The van der Waals surface area contributed by atoms with Crippen LogP contribution in [0.25, 0.3) is 0 Å². The maximum Gasteiger partial charge on any atom is 0.240 e. The van der Waals surface area contributed by atoms with Crippen molar-refractivity contribution in [3.63, 3.8) is 0 Å². The van der Waals surface area contributed by atoms with E-state index >= 15 is 0 Å². The summed E-state index contributed by atoms with van der Waals surface area (Å²) in [7, 11) is -3.79. The molecule has 0 radical (unpaired) electrons. The van der Waals surface area contributed by atoms with Crippen LogP contribution in [0.2, 0.25) is 0 Å². The molecule has 0 saturated heterocycles. The van der Waals surface area contributed by atoms with Crippen molar-refractivity contribution in [3.05, 3.63) is 58.3 Å². The first-order chi connectivity index (χ1) is 12.2. The van der Waals surface area contributed by atoms with E-state index in [1.54, 1.807) is 12.1 Å². The zero-order valence-corrected chi connectivity index (χ0v) is 15.4. The summed E-state index contributed by atoms with van der Waals surface area (Å²) in [6.45, 7) is -0.220. The molecule has 0 fully saturated rings. The normalized spacial score (nSPS) is 11.2. The first-order valence-corrected chi connectivity index (χ1v) is 9.42. The van der Waals surface area contributed by atoms with Crippen LogP contribution in [0.1, 0.15) is 6.42 Å². The van der Waals surface area contributed by atoms with Crippen LogP contribution in [0.5, 0.6) is 0 Å².